The van der Waals surface area contributed by atoms with Gasteiger partial charge in [0.1, 0.15) is 11.6 Å². The Morgan fingerprint density at radius 1 is 1.22 bits per heavy atom. The van der Waals surface area contributed by atoms with Crippen molar-refractivity contribution in [3.05, 3.63) is 18.7 Å². The van der Waals surface area contributed by atoms with Crippen LogP contribution >= 0.6 is 12.2 Å². The van der Waals surface area contributed by atoms with E-state index in [9.17, 15) is 0 Å². The topological polar surface area (TPSA) is 65.6 Å². The smallest absolute Gasteiger partial charge is 0.232 e. The fraction of sp³-hybridized carbons (Fsp3) is 0.632. The molecule has 0 radical (unpaired) electrons. The molecule has 0 saturated carbocycles. The average molecular weight is 391 g/mol. The minimum Gasteiger partial charge on any atom is -0.378 e. The molecule has 2 N–H and O–H groups in total. The molecule has 8 heteroatoms. The summed E-state index contributed by atoms with van der Waals surface area (Å²) in [5.74, 6) is 3.72. The van der Waals surface area contributed by atoms with Gasteiger partial charge in [-0.1, -0.05) is 19.9 Å². The second-order valence-corrected chi connectivity index (χ2v) is 7.89. The van der Waals surface area contributed by atoms with Crippen molar-refractivity contribution in [3.8, 4) is 0 Å². The molecule has 2 saturated heterocycles. The number of thiocarbonyl (C=S) groups is 1. The van der Waals surface area contributed by atoms with Crippen LogP contribution in [0, 0.1) is 11.8 Å². The molecule has 0 spiro atoms. The number of nitrogens with zero attached hydrogens (tertiary/aromatic N) is 4. The molecule has 1 aromatic heterocycles. The third kappa shape index (κ3) is 5.52. The lowest BCUT2D eigenvalue weighted by Gasteiger charge is -2.36. The lowest BCUT2D eigenvalue weighted by atomic mass is 9.92. The first-order chi connectivity index (χ1) is 13.0. The molecule has 27 heavy (non-hydrogen) atoms. The molecule has 2 aliphatic heterocycles. The van der Waals surface area contributed by atoms with Gasteiger partial charge < -0.3 is 25.2 Å². The van der Waals surface area contributed by atoms with Crippen LogP contribution in [-0.2, 0) is 4.74 Å². The molecular formula is C19H30N6OS. The summed E-state index contributed by atoms with van der Waals surface area (Å²) in [6, 6.07) is 2.10. The summed E-state index contributed by atoms with van der Waals surface area (Å²) in [5, 5.41) is 6.69. The predicted molar refractivity (Wildman–Crippen MR) is 115 cm³/mol. The summed E-state index contributed by atoms with van der Waals surface area (Å²) < 4.78 is 5.48. The van der Waals surface area contributed by atoms with Crippen LogP contribution in [-0.4, -0.2) is 61.0 Å². The van der Waals surface area contributed by atoms with Gasteiger partial charge in [-0.25, -0.2) is 0 Å². The summed E-state index contributed by atoms with van der Waals surface area (Å²) in [4.78, 5) is 14.1. The molecule has 0 bridgehead atoms. The van der Waals surface area contributed by atoms with Crippen LogP contribution in [0.4, 0.5) is 17.6 Å². The van der Waals surface area contributed by atoms with E-state index in [-0.39, 0.29) is 0 Å². The van der Waals surface area contributed by atoms with Crippen LogP contribution in [0.1, 0.15) is 20.3 Å². The highest BCUT2D eigenvalue weighted by molar-refractivity contribution is 7.80. The molecule has 0 amide bonds. The largest absolute Gasteiger partial charge is 0.378 e. The Balaban J connectivity index is 1.85. The molecule has 3 rings (SSSR count). The van der Waals surface area contributed by atoms with Gasteiger partial charge in [0.2, 0.25) is 5.95 Å². The number of ether oxygens (including phenoxy) is 1. The minimum absolute atomic E-state index is 0.500. The van der Waals surface area contributed by atoms with E-state index >= 15 is 0 Å². The Labute approximate surface area is 167 Å². The van der Waals surface area contributed by atoms with Crippen molar-refractivity contribution in [3.63, 3.8) is 0 Å². The number of piperidine rings is 1. The van der Waals surface area contributed by atoms with E-state index in [0.717, 1.165) is 51.0 Å². The van der Waals surface area contributed by atoms with Crippen molar-refractivity contribution >= 4 is 34.9 Å². The number of nitrogens with one attached hydrogen (secondary N) is 2. The van der Waals surface area contributed by atoms with Crippen LogP contribution in [0.25, 0.3) is 0 Å². The molecule has 0 aromatic carbocycles. The monoisotopic (exact) mass is 390 g/mol. The van der Waals surface area contributed by atoms with E-state index in [1.54, 1.807) is 6.08 Å². The number of aromatic nitrogens is 2. The third-order valence-corrected chi connectivity index (χ3v) is 5.11. The SMILES string of the molecule is C=CCNC(=S)Nc1nc(N2CCOCC2)cc(N2C[C@H](C)C[C@@H](C)C2)n1. The van der Waals surface area contributed by atoms with Crippen molar-refractivity contribution in [2.75, 3.05) is 61.1 Å². The molecule has 3 heterocycles. The molecule has 7 nitrogen and oxygen atoms in total. The van der Waals surface area contributed by atoms with E-state index in [2.05, 4.69) is 46.9 Å². The van der Waals surface area contributed by atoms with Gasteiger partial charge in [-0.2, -0.15) is 9.97 Å². The minimum atomic E-state index is 0.500. The van der Waals surface area contributed by atoms with Crippen molar-refractivity contribution < 1.29 is 4.74 Å². The first kappa shape index (κ1) is 19.8. The number of hydrogen-bond donors (Lipinski definition) is 2. The van der Waals surface area contributed by atoms with Crippen molar-refractivity contribution in [2.24, 2.45) is 11.8 Å². The highest BCUT2D eigenvalue weighted by atomic mass is 32.1. The quantitative estimate of drug-likeness (QED) is 0.586. The predicted octanol–water partition coefficient (Wildman–Crippen LogP) is 2.27. The Morgan fingerprint density at radius 2 is 1.85 bits per heavy atom. The highest BCUT2D eigenvalue weighted by Gasteiger charge is 2.25. The molecule has 2 aliphatic rings. The Morgan fingerprint density at radius 3 is 2.48 bits per heavy atom. The van der Waals surface area contributed by atoms with Crippen LogP contribution in [0.3, 0.4) is 0 Å². The van der Waals surface area contributed by atoms with E-state index in [0.29, 0.717) is 29.4 Å². The fourth-order valence-corrected chi connectivity index (χ4v) is 3.93. The van der Waals surface area contributed by atoms with E-state index in [1.807, 2.05) is 0 Å². The fourth-order valence-electron chi connectivity index (χ4n) is 3.75. The molecule has 148 valence electrons. The van der Waals surface area contributed by atoms with E-state index < -0.39 is 0 Å². The van der Waals surface area contributed by atoms with Gasteiger partial charge in [-0.05, 0) is 30.5 Å². The summed E-state index contributed by atoms with van der Waals surface area (Å²) in [5.41, 5.74) is 0. The van der Waals surface area contributed by atoms with Gasteiger partial charge in [0.05, 0.1) is 13.2 Å². The summed E-state index contributed by atoms with van der Waals surface area (Å²) in [6.07, 6.45) is 3.03. The molecule has 2 atom stereocenters. The third-order valence-electron chi connectivity index (χ3n) is 4.86. The van der Waals surface area contributed by atoms with E-state index in [4.69, 9.17) is 26.9 Å². The van der Waals surface area contributed by atoms with E-state index in [1.165, 1.54) is 6.42 Å². The molecule has 0 unspecified atom stereocenters. The van der Waals surface area contributed by atoms with Gasteiger partial charge >= 0.3 is 0 Å². The maximum atomic E-state index is 5.48. The zero-order chi connectivity index (χ0) is 19.2. The Hall–Kier alpha value is -1.93. The number of rotatable bonds is 5. The van der Waals surface area contributed by atoms with Crippen molar-refractivity contribution in [1.82, 2.24) is 15.3 Å². The number of morpholine rings is 1. The van der Waals surface area contributed by atoms with Gasteiger partial charge in [-0.3, -0.25) is 0 Å². The van der Waals surface area contributed by atoms with Gasteiger partial charge in [-0.15, -0.1) is 6.58 Å². The standard InChI is InChI=1S/C19H30N6OS/c1-4-5-20-19(27)23-18-21-16(24-6-8-26-9-7-24)11-17(22-18)25-12-14(2)10-15(3)13-25/h4,11,14-15H,1,5-10,12-13H2,2-3H3,(H2,20,21,22,23,27)/t14-,15-/m1/s1. The second-order valence-electron chi connectivity index (χ2n) is 7.48. The Bertz CT molecular complexity index is 654. The molecular weight excluding hydrogens is 360 g/mol. The Kier molecular flexibility index (Phi) is 6.84. The van der Waals surface area contributed by atoms with Crippen LogP contribution in [0.15, 0.2) is 18.7 Å². The van der Waals surface area contributed by atoms with Gasteiger partial charge in [0.25, 0.3) is 0 Å². The average Bonchev–Trinajstić information content (AvgIpc) is 2.66. The molecule has 2 fully saturated rings. The normalized spacial score (nSPS) is 23.0. The highest BCUT2D eigenvalue weighted by Crippen LogP contribution is 2.28. The van der Waals surface area contributed by atoms with Crippen molar-refractivity contribution in [1.29, 1.82) is 0 Å². The molecule has 0 aliphatic carbocycles. The maximum Gasteiger partial charge on any atom is 0.232 e. The van der Waals surface area contributed by atoms with Gasteiger partial charge in [0.15, 0.2) is 5.11 Å². The zero-order valence-electron chi connectivity index (χ0n) is 16.3. The number of anilines is 3. The number of hydrogen-bond acceptors (Lipinski definition) is 6. The van der Waals surface area contributed by atoms with Crippen LogP contribution < -0.4 is 20.4 Å². The molecule has 1 aromatic rings. The van der Waals surface area contributed by atoms with Crippen molar-refractivity contribution in [2.45, 2.75) is 20.3 Å². The zero-order valence-corrected chi connectivity index (χ0v) is 17.1. The summed E-state index contributed by atoms with van der Waals surface area (Å²) in [7, 11) is 0. The summed E-state index contributed by atoms with van der Waals surface area (Å²) in [6.45, 7) is 14.1. The maximum absolute atomic E-state index is 5.48. The second kappa shape index (κ2) is 9.32. The lowest BCUT2D eigenvalue weighted by Crippen LogP contribution is -2.40. The first-order valence-corrected chi connectivity index (χ1v) is 10.1. The van der Waals surface area contributed by atoms with Crippen LogP contribution in [0.5, 0.6) is 0 Å². The van der Waals surface area contributed by atoms with Gasteiger partial charge in [0, 0.05) is 38.8 Å². The first-order valence-electron chi connectivity index (χ1n) is 9.67. The van der Waals surface area contributed by atoms with Crippen LogP contribution in [0.2, 0.25) is 0 Å². The summed E-state index contributed by atoms with van der Waals surface area (Å²) >= 11 is 5.34. The lowest BCUT2D eigenvalue weighted by molar-refractivity contribution is 0.122.